The van der Waals surface area contributed by atoms with Gasteiger partial charge in [0.25, 0.3) is 5.91 Å². The molecule has 1 saturated carbocycles. The van der Waals surface area contributed by atoms with Gasteiger partial charge in [-0.25, -0.2) is 0 Å². The third-order valence-electron chi connectivity index (χ3n) is 4.46. The first-order chi connectivity index (χ1) is 12.6. The Morgan fingerprint density at radius 3 is 2.88 bits per heavy atom. The molecule has 1 fully saturated rings. The summed E-state index contributed by atoms with van der Waals surface area (Å²) in [6, 6.07) is 12.4. The first-order valence-electron chi connectivity index (χ1n) is 8.59. The zero-order valence-electron chi connectivity index (χ0n) is 14.3. The molecule has 4 rings (SSSR count). The summed E-state index contributed by atoms with van der Waals surface area (Å²) in [5.41, 5.74) is 3.33. The van der Waals surface area contributed by atoms with E-state index in [1.165, 1.54) is 12.8 Å². The Labute approximate surface area is 156 Å². The number of pyridine rings is 1. The van der Waals surface area contributed by atoms with Gasteiger partial charge in [0, 0.05) is 40.0 Å². The van der Waals surface area contributed by atoms with Crippen molar-refractivity contribution >= 4 is 17.5 Å². The molecule has 132 valence electrons. The fourth-order valence-corrected chi connectivity index (χ4v) is 3.01. The van der Waals surface area contributed by atoms with E-state index < -0.39 is 0 Å². The van der Waals surface area contributed by atoms with Crippen molar-refractivity contribution in [1.29, 1.82) is 0 Å². The van der Waals surface area contributed by atoms with Crippen LogP contribution in [-0.2, 0) is 0 Å². The number of rotatable bonds is 5. The average Bonchev–Trinajstić information content (AvgIpc) is 3.38. The van der Waals surface area contributed by atoms with Crippen molar-refractivity contribution in [2.75, 3.05) is 0 Å². The highest BCUT2D eigenvalue weighted by atomic mass is 35.5. The SMILES string of the molecule is CC(NC(=O)c1cccc(Cl)c1)c1cc(-c2ccnc(C3CC3)c2)no1. The number of nitrogens with one attached hydrogen (secondary N) is 1. The Hall–Kier alpha value is -2.66. The Kier molecular flexibility index (Phi) is 4.47. The van der Waals surface area contributed by atoms with E-state index in [4.69, 9.17) is 16.1 Å². The van der Waals surface area contributed by atoms with Gasteiger partial charge in [0.05, 0.1) is 6.04 Å². The minimum Gasteiger partial charge on any atom is -0.359 e. The highest BCUT2D eigenvalue weighted by Crippen LogP contribution is 2.39. The topological polar surface area (TPSA) is 68.0 Å². The summed E-state index contributed by atoms with van der Waals surface area (Å²) in [6.07, 6.45) is 4.21. The predicted octanol–water partition coefficient (Wildman–Crippen LogP) is 4.76. The van der Waals surface area contributed by atoms with Crippen LogP contribution in [0.15, 0.2) is 53.2 Å². The molecule has 5 nitrogen and oxygen atoms in total. The first kappa shape index (κ1) is 16.8. The number of hydrogen-bond acceptors (Lipinski definition) is 4. The summed E-state index contributed by atoms with van der Waals surface area (Å²) >= 11 is 5.94. The monoisotopic (exact) mass is 367 g/mol. The van der Waals surface area contributed by atoms with Crippen molar-refractivity contribution < 1.29 is 9.32 Å². The molecule has 0 aliphatic heterocycles. The predicted molar refractivity (Wildman–Crippen MR) is 99.0 cm³/mol. The zero-order chi connectivity index (χ0) is 18.1. The number of carbonyl (C=O) groups is 1. The van der Waals surface area contributed by atoms with Gasteiger partial charge < -0.3 is 9.84 Å². The third kappa shape index (κ3) is 3.63. The van der Waals surface area contributed by atoms with Crippen molar-refractivity contribution in [2.45, 2.75) is 31.7 Å². The second kappa shape index (κ2) is 6.92. The van der Waals surface area contributed by atoms with E-state index in [2.05, 4.69) is 21.5 Å². The quantitative estimate of drug-likeness (QED) is 0.706. The lowest BCUT2D eigenvalue weighted by molar-refractivity contribution is 0.0934. The van der Waals surface area contributed by atoms with Crippen LogP contribution in [0, 0.1) is 0 Å². The van der Waals surface area contributed by atoms with Crippen molar-refractivity contribution in [3.63, 3.8) is 0 Å². The van der Waals surface area contributed by atoms with Crippen LogP contribution in [-0.4, -0.2) is 16.0 Å². The molecule has 6 heteroatoms. The summed E-state index contributed by atoms with van der Waals surface area (Å²) in [5, 5.41) is 7.57. The van der Waals surface area contributed by atoms with Gasteiger partial charge in [0.15, 0.2) is 5.76 Å². The number of amides is 1. The fraction of sp³-hybridized carbons (Fsp3) is 0.250. The number of carbonyl (C=O) groups excluding carboxylic acids is 1. The summed E-state index contributed by atoms with van der Waals surface area (Å²) < 4.78 is 5.45. The number of benzene rings is 1. The van der Waals surface area contributed by atoms with E-state index in [9.17, 15) is 4.79 Å². The number of nitrogens with zero attached hydrogens (tertiary/aromatic N) is 2. The maximum Gasteiger partial charge on any atom is 0.251 e. The summed E-state index contributed by atoms with van der Waals surface area (Å²) in [7, 11) is 0. The van der Waals surface area contributed by atoms with Gasteiger partial charge in [-0.3, -0.25) is 9.78 Å². The highest BCUT2D eigenvalue weighted by Gasteiger charge is 2.25. The average molecular weight is 368 g/mol. The molecule has 2 aromatic heterocycles. The minimum absolute atomic E-state index is 0.210. The molecule has 1 aliphatic rings. The van der Waals surface area contributed by atoms with E-state index in [0.717, 1.165) is 17.0 Å². The van der Waals surface area contributed by atoms with Crippen molar-refractivity contribution in [3.05, 3.63) is 70.7 Å². The second-order valence-electron chi connectivity index (χ2n) is 6.56. The lowest BCUT2D eigenvalue weighted by Gasteiger charge is -2.10. The maximum absolute atomic E-state index is 12.3. The zero-order valence-corrected chi connectivity index (χ0v) is 15.0. The van der Waals surface area contributed by atoms with Crippen LogP contribution in [0.5, 0.6) is 0 Å². The van der Waals surface area contributed by atoms with Crippen LogP contribution in [0.2, 0.25) is 5.02 Å². The molecule has 0 saturated heterocycles. The molecule has 1 amide bonds. The molecule has 1 atom stereocenters. The molecule has 1 N–H and O–H groups in total. The smallest absolute Gasteiger partial charge is 0.251 e. The van der Waals surface area contributed by atoms with Crippen LogP contribution >= 0.6 is 11.6 Å². The van der Waals surface area contributed by atoms with E-state index in [1.807, 2.05) is 25.3 Å². The van der Waals surface area contributed by atoms with Crippen LogP contribution in [0.1, 0.15) is 53.5 Å². The number of aromatic nitrogens is 2. The van der Waals surface area contributed by atoms with Gasteiger partial charge in [0.1, 0.15) is 5.69 Å². The van der Waals surface area contributed by atoms with Gasteiger partial charge in [-0.1, -0.05) is 22.8 Å². The van der Waals surface area contributed by atoms with Crippen LogP contribution in [0.4, 0.5) is 0 Å². The van der Waals surface area contributed by atoms with Gasteiger partial charge in [-0.2, -0.15) is 0 Å². The van der Waals surface area contributed by atoms with Crippen LogP contribution < -0.4 is 5.32 Å². The van der Waals surface area contributed by atoms with Crippen LogP contribution in [0.3, 0.4) is 0 Å². The normalized spacial score (nSPS) is 14.8. The number of hydrogen-bond donors (Lipinski definition) is 1. The molecule has 3 aromatic rings. The summed E-state index contributed by atoms with van der Waals surface area (Å²) in [6.45, 7) is 1.86. The van der Waals surface area contributed by atoms with Crippen molar-refractivity contribution in [3.8, 4) is 11.3 Å². The highest BCUT2D eigenvalue weighted by molar-refractivity contribution is 6.30. The Morgan fingerprint density at radius 1 is 1.27 bits per heavy atom. The Morgan fingerprint density at radius 2 is 2.12 bits per heavy atom. The molecule has 0 spiro atoms. The van der Waals surface area contributed by atoms with Crippen molar-refractivity contribution in [2.24, 2.45) is 0 Å². The van der Waals surface area contributed by atoms with Crippen molar-refractivity contribution in [1.82, 2.24) is 15.5 Å². The molecule has 1 aliphatic carbocycles. The molecule has 0 radical (unpaired) electrons. The standard InChI is InChI=1S/C20H18ClN3O2/c1-12(23-20(25)15-3-2-4-16(21)9-15)19-11-18(24-26-19)14-7-8-22-17(10-14)13-5-6-13/h2-4,7-13H,5-6H2,1H3,(H,23,25). The molecule has 1 unspecified atom stereocenters. The van der Waals surface area contributed by atoms with Crippen LogP contribution in [0.25, 0.3) is 11.3 Å². The fourth-order valence-electron chi connectivity index (χ4n) is 2.82. The summed E-state index contributed by atoms with van der Waals surface area (Å²) in [5.74, 6) is 0.968. The largest absolute Gasteiger partial charge is 0.359 e. The maximum atomic E-state index is 12.3. The Bertz CT molecular complexity index is 949. The molecule has 2 heterocycles. The lowest BCUT2D eigenvalue weighted by Crippen LogP contribution is -2.26. The van der Waals surface area contributed by atoms with E-state index in [0.29, 0.717) is 22.3 Å². The minimum atomic E-state index is -0.313. The van der Waals surface area contributed by atoms with Gasteiger partial charge in [0.2, 0.25) is 0 Å². The molecular formula is C20H18ClN3O2. The molecule has 26 heavy (non-hydrogen) atoms. The number of halogens is 1. The molecule has 1 aromatic carbocycles. The lowest BCUT2D eigenvalue weighted by atomic mass is 10.1. The molecular weight excluding hydrogens is 350 g/mol. The van der Waals surface area contributed by atoms with Gasteiger partial charge >= 0.3 is 0 Å². The third-order valence-corrected chi connectivity index (χ3v) is 4.70. The van der Waals surface area contributed by atoms with E-state index in [-0.39, 0.29) is 11.9 Å². The Balaban J connectivity index is 1.48. The van der Waals surface area contributed by atoms with E-state index in [1.54, 1.807) is 24.3 Å². The van der Waals surface area contributed by atoms with Gasteiger partial charge in [-0.15, -0.1) is 0 Å². The molecule has 0 bridgehead atoms. The van der Waals surface area contributed by atoms with E-state index >= 15 is 0 Å². The summed E-state index contributed by atoms with van der Waals surface area (Å²) in [4.78, 5) is 16.8. The second-order valence-corrected chi connectivity index (χ2v) is 7.00. The first-order valence-corrected chi connectivity index (χ1v) is 8.97. The van der Waals surface area contributed by atoms with Gasteiger partial charge in [-0.05, 0) is 50.1 Å².